The summed E-state index contributed by atoms with van der Waals surface area (Å²) < 4.78 is 29.8. The molecule has 6 nitrogen and oxygen atoms in total. The van der Waals surface area contributed by atoms with E-state index in [2.05, 4.69) is 9.72 Å². The minimum atomic E-state index is -2.99. The Morgan fingerprint density at radius 1 is 1.63 bits per heavy atom. The van der Waals surface area contributed by atoms with E-state index in [0.29, 0.717) is 6.20 Å². The average molecular weight is 295 g/mol. The fourth-order valence-corrected chi connectivity index (χ4v) is 1.66. The van der Waals surface area contributed by atoms with Crippen LogP contribution in [-0.4, -0.2) is 22.5 Å². The fraction of sp³-hybridized carbons (Fsp3) is 0.400. The molecular formula is C10H9ClF2N2O4. The van der Waals surface area contributed by atoms with Gasteiger partial charge >= 0.3 is 5.97 Å². The minimum Gasteiger partial charge on any atom is -0.466 e. The second kappa shape index (κ2) is 6.37. The van der Waals surface area contributed by atoms with E-state index < -0.39 is 40.1 Å². The van der Waals surface area contributed by atoms with Crippen molar-refractivity contribution < 1.29 is 23.2 Å². The highest BCUT2D eigenvalue weighted by molar-refractivity contribution is 6.32. The van der Waals surface area contributed by atoms with Crippen molar-refractivity contribution in [2.45, 2.75) is 19.8 Å². The van der Waals surface area contributed by atoms with Crippen LogP contribution in [0.25, 0.3) is 0 Å². The molecule has 0 radical (unpaired) electrons. The molecule has 0 bridgehead atoms. The molecule has 1 aromatic rings. The molecule has 0 unspecified atom stereocenters. The van der Waals surface area contributed by atoms with Gasteiger partial charge in [-0.1, -0.05) is 11.6 Å². The molecule has 0 spiro atoms. The number of ether oxygens (including phenoxy) is 1. The maximum Gasteiger partial charge on any atom is 0.310 e. The van der Waals surface area contributed by atoms with Crippen molar-refractivity contribution in [3.05, 3.63) is 32.6 Å². The number of rotatable bonds is 5. The molecule has 1 heterocycles. The molecule has 1 rings (SSSR count). The molecule has 0 amide bonds. The molecule has 9 heteroatoms. The molecule has 0 saturated heterocycles. The lowest BCUT2D eigenvalue weighted by atomic mass is 10.1. The van der Waals surface area contributed by atoms with Crippen LogP contribution in [0.5, 0.6) is 0 Å². The number of hydrogen-bond donors (Lipinski definition) is 0. The Bertz CT molecular complexity index is 511. The van der Waals surface area contributed by atoms with E-state index >= 15 is 0 Å². The zero-order valence-corrected chi connectivity index (χ0v) is 10.5. The molecular weight excluding hydrogens is 286 g/mol. The first-order valence-corrected chi connectivity index (χ1v) is 5.51. The first-order valence-electron chi connectivity index (χ1n) is 5.13. The molecule has 0 aliphatic rings. The van der Waals surface area contributed by atoms with Gasteiger partial charge in [0.1, 0.15) is 11.9 Å². The number of pyridine rings is 1. The zero-order chi connectivity index (χ0) is 14.6. The Hall–Kier alpha value is -1.83. The Morgan fingerprint density at radius 2 is 2.26 bits per heavy atom. The molecule has 0 N–H and O–H groups in total. The van der Waals surface area contributed by atoms with Gasteiger partial charge in [0.25, 0.3) is 12.1 Å². The zero-order valence-electron chi connectivity index (χ0n) is 9.73. The molecule has 19 heavy (non-hydrogen) atoms. The summed E-state index contributed by atoms with van der Waals surface area (Å²) in [5.74, 6) is -0.793. The number of aromatic nitrogens is 1. The van der Waals surface area contributed by atoms with Crippen LogP contribution >= 0.6 is 11.6 Å². The molecule has 0 atom stereocenters. The Labute approximate surface area is 111 Å². The van der Waals surface area contributed by atoms with Crippen LogP contribution in [-0.2, 0) is 16.0 Å². The van der Waals surface area contributed by atoms with Gasteiger partial charge in [0.05, 0.1) is 28.5 Å². The summed E-state index contributed by atoms with van der Waals surface area (Å²) in [4.78, 5) is 24.5. The number of carbonyl (C=O) groups excluding carboxylic acids is 1. The van der Waals surface area contributed by atoms with Crippen LogP contribution in [0.3, 0.4) is 0 Å². The Balaban J connectivity index is 3.26. The van der Waals surface area contributed by atoms with Crippen molar-refractivity contribution in [1.29, 1.82) is 0 Å². The second-order valence-corrected chi connectivity index (χ2v) is 3.74. The van der Waals surface area contributed by atoms with Crippen molar-refractivity contribution in [1.82, 2.24) is 4.98 Å². The van der Waals surface area contributed by atoms with Gasteiger partial charge in [0.15, 0.2) is 0 Å². The number of carbonyl (C=O) groups is 1. The van der Waals surface area contributed by atoms with Crippen molar-refractivity contribution in [2.75, 3.05) is 6.61 Å². The van der Waals surface area contributed by atoms with Crippen molar-refractivity contribution in [3.8, 4) is 0 Å². The third-order valence-corrected chi connectivity index (χ3v) is 2.58. The lowest BCUT2D eigenvalue weighted by molar-refractivity contribution is -0.385. The monoisotopic (exact) mass is 294 g/mol. The smallest absolute Gasteiger partial charge is 0.310 e. The molecule has 0 saturated carbocycles. The summed E-state index contributed by atoms with van der Waals surface area (Å²) in [6.07, 6.45) is -2.90. The van der Waals surface area contributed by atoms with E-state index in [1.165, 1.54) is 0 Å². The highest BCUT2D eigenvalue weighted by atomic mass is 35.5. The standard InChI is InChI=1S/C10H9ClF2N2O4/c1-2-19-7(16)3-5-6(15(17)18)4-14-9(8(5)11)10(12)13/h4,10H,2-3H2,1H3. The summed E-state index contributed by atoms with van der Waals surface area (Å²) in [7, 11) is 0. The third kappa shape index (κ3) is 3.57. The van der Waals surface area contributed by atoms with E-state index in [1.807, 2.05) is 0 Å². The van der Waals surface area contributed by atoms with Gasteiger partial charge in [-0.25, -0.2) is 13.8 Å². The fourth-order valence-electron chi connectivity index (χ4n) is 1.37. The van der Waals surface area contributed by atoms with Gasteiger partial charge in [-0.2, -0.15) is 0 Å². The number of nitro groups is 1. The number of halogens is 3. The number of nitrogens with zero attached hydrogens (tertiary/aromatic N) is 2. The van der Waals surface area contributed by atoms with E-state index in [4.69, 9.17) is 11.6 Å². The van der Waals surface area contributed by atoms with Crippen molar-refractivity contribution in [2.24, 2.45) is 0 Å². The largest absolute Gasteiger partial charge is 0.466 e. The minimum absolute atomic E-state index is 0.0665. The number of hydrogen-bond acceptors (Lipinski definition) is 5. The topological polar surface area (TPSA) is 82.3 Å². The summed E-state index contributed by atoms with van der Waals surface area (Å²) in [5.41, 5.74) is -1.72. The predicted octanol–water partition coefficient (Wildman–Crippen LogP) is 2.69. The van der Waals surface area contributed by atoms with E-state index in [-0.39, 0.29) is 12.2 Å². The van der Waals surface area contributed by atoms with Crippen LogP contribution in [0, 0.1) is 10.1 Å². The van der Waals surface area contributed by atoms with Crippen LogP contribution in [0.2, 0.25) is 5.02 Å². The SMILES string of the molecule is CCOC(=O)Cc1c([N+](=O)[O-])cnc(C(F)F)c1Cl. The number of alkyl halides is 2. The molecule has 0 fully saturated rings. The normalized spacial score (nSPS) is 10.6. The molecule has 1 aromatic heterocycles. The first kappa shape index (κ1) is 15.2. The maximum absolute atomic E-state index is 12.6. The van der Waals surface area contributed by atoms with Gasteiger partial charge in [-0.05, 0) is 6.92 Å². The van der Waals surface area contributed by atoms with Crippen LogP contribution in [0.1, 0.15) is 24.6 Å². The Kier molecular flexibility index (Phi) is 5.11. The lowest BCUT2D eigenvalue weighted by Gasteiger charge is -2.08. The summed E-state index contributed by atoms with van der Waals surface area (Å²) >= 11 is 5.64. The van der Waals surface area contributed by atoms with Crippen LogP contribution in [0.4, 0.5) is 14.5 Å². The van der Waals surface area contributed by atoms with E-state index in [9.17, 15) is 23.7 Å². The van der Waals surface area contributed by atoms with E-state index in [0.717, 1.165) is 0 Å². The number of esters is 1. The maximum atomic E-state index is 12.6. The lowest BCUT2D eigenvalue weighted by Crippen LogP contribution is -2.11. The first-order chi connectivity index (χ1) is 8.88. The third-order valence-electron chi connectivity index (χ3n) is 2.15. The van der Waals surface area contributed by atoms with Crippen LogP contribution < -0.4 is 0 Å². The molecule has 104 valence electrons. The van der Waals surface area contributed by atoms with Gasteiger partial charge in [-0.3, -0.25) is 14.9 Å². The van der Waals surface area contributed by atoms with Crippen LogP contribution in [0.15, 0.2) is 6.20 Å². The highest BCUT2D eigenvalue weighted by Gasteiger charge is 2.26. The van der Waals surface area contributed by atoms with Crippen molar-refractivity contribution >= 4 is 23.3 Å². The quantitative estimate of drug-likeness (QED) is 0.474. The summed E-state index contributed by atoms with van der Waals surface area (Å²) in [6.45, 7) is 1.61. The second-order valence-electron chi connectivity index (χ2n) is 3.36. The molecule has 0 aliphatic carbocycles. The van der Waals surface area contributed by atoms with E-state index in [1.54, 1.807) is 6.92 Å². The van der Waals surface area contributed by atoms with Crippen molar-refractivity contribution in [3.63, 3.8) is 0 Å². The summed E-state index contributed by atoms with van der Waals surface area (Å²) in [5, 5.41) is 10.2. The average Bonchev–Trinajstić information content (AvgIpc) is 2.31. The van der Waals surface area contributed by atoms with Gasteiger partial charge in [0.2, 0.25) is 0 Å². The summed E-state index contributed by atoms with van der Waals surface area (Å²) in [6, 6.07) is 0. The highest BCUT2D eigenvalue weighted by Crippen LogP contribution is 2.33. The van der Waals surface area contributed by atoms with Gasteiger partial charge < -0.3 is 4.74 Å². The molecule has 0 aromatic carbocycles. The predicted molar refractivity (Wildman–Crippen MR) is 61.2 cm³/mol. The van der Waals surface area contributed by atoms with Gasteiger partial charge in [-0.15, -0.1) is 0 Å². The van der Waals surface area contributed by atoms with Gasteiger partial charge in [0, 0.05) is 0 Å². The Morgan fingerprint density at radius 3 is 2.74 bits per heavy atom. The molecule has 0 aliphatic heterocycles.